The van der Waals surface area contributed by atoms with E-state index in [2.05, 4.69) is 40.0 Å². The molecule has 1 N–H and O–H groups in total. The van der Waals surface area contributed by atoms with E-state index in [1.54, 1.807) is 12.1 Å². The highest BCUT2D eigenvalue weighted by Gasteiger charge is 2.11. The predicted octanol–water partition coefficient (Wildman–Crippen LogP) is 5.43. The number of benzene rings is 2. The third-order valence-electron chi connectivity index (χ3n) is 3.86. The number of hydrogen-bond donors (Lipinski definition) is 1. The normalized spacial score (nSPS) is 11.2. The molecule has 0 bridgehead atoms. The van der Waals surface area contributed by atoms with Crippen molar-refractivity contribution in [1.82, 2.24) is 4.98 Å². The highest BCUT2D eigenvalue weighted by atomic mass is 79.9. The van der Waals surface area contributed by atoms with E-state index in [0.717, 1.165) is 16.5 Å². The molecule has 1 aromatic heterocycles. The van der Waals surface area contributed by atoms with Gasteiger partial charge >= 0.3 is 5.97 Å². The Morgan fingerprint density at radius 1 is 1.12 bits per heavy atom. The number of halogens is 1. The van der Waals surface area contributed by atoms with Gasteiger partial charge in [-0.25, -0.2) is 9.78 Å². The van der Waals surface area contributed by atoms with Crippen LogP contribution in [0, 0.1) is 0 Å². The van der Waals surface area contributed by atoms with Crippen LogP contribution in [0.4, 0.5) is 0 Å². The van der Waals surface area contributed by atoms with Crippen molar-refractivity contribution in [2.24, 2.45) is 0 Å². The fourth-order valence-electron chi connectivity index (χ4n) is 2.53. The maximum Gasteiger partial charge on any atom is 0.336 e. The van der Waals surface area contributed by atoms with E-state index in [-0.39, 0.29) is 5.56 Å². The summed E-state index contributed by atoms with van der Waals surface area (Å²) in [6.07, 6.45) is 4.79. The summed E-state index contributed by atoms with van der Waals surface area (Å²) in [5.41, 5.74) is 3.89. The summed E-state index contributed by atoms with van der Waals surface area (Å²) in [5, 5.41) is 10.1. The van der Waals surface area contributed by atoms with Crippen molar-refractivity contribution in [3.05, 3.63) is 75.4 Å². The second-order valence-electron chi connectivity index (χ2n) is 5.49. The minimum atomic E-state index is -0.956. The number of fused-ring (bicyclic) bond motifs is 1. The zero-order chi connectivity index (χ0) is 17.1. The first-order chi connectivity index (χ1) is 11.6. The molecule has 24 heavy (non-hydrogen) atoms. The molecule has 3 aromatic rings. The molecule has 120 valence electrons. The SMILES string of the molecule is CCc1ccc(/C=C/c2cc(C(=O)O)c3cc(Br)ccc3n2)cc1. The molecule has 4 heteroatoms. The molecule has 0 aliphatic heterocycles. The van der Waals surface area contributed by atoms with E-state index in [1.807, 2.05) is 36.4 Å². The first kappa shape index (κ1) is 16.4. The Hall–Kier alpha value is -2.46. The Morgan fingerprint density at radius 3 is 2.54 bits per heavy atom. The maximum atomic E-state index is 11.6. The number of carboxylic acids is 1. The smallest absolute Gasteiger partial charge is 0.336 e. The molecule has 0 amide bonds. The fraction of sp³-hybridized carbons (Fsp3) is 0.100. The second kappa shape index (κ2) is 6.97. The van der Waals surface area contributed by atoms with Crippen LogP contribution < -0.4 is 0 Å². The zero-order valence-corrected chi connectivity index (χ0v) is 14.7. The summed E-state index contributed by atoms with van der Waals surface area (Å²) in [4.78, 5) is 16.1. The molecule has 0 saturated carbocycles. The first-order valence-electron chi connectivity index (χ1n) is 7.67. The Bertz CT molecular complexity index is 930. The molecule has 1 heterocycles. The van der Waals surface area contributed by atoms with Crippen LogP contribution in [-0.2, 0) is 6.42 Å². The number of carboxylic acid groups (broad SMARTS) is 1. The number of aryl methyl sites for hydroxylation is 1. The average molecular weight is 382 g/mol. The van der Waals surface area contributed by atoms with Gasteiger partial charge in [0, 0.05) is 9.86 Å². The topological polar surface area (TPSA) is 50.2 Å². The summed E-state index contributed by atoms with van der Waals surface area (Å²) in [6.45, 7) is 2.12. The second-order valence-corrected chi connectivity index (χ2v) is 6.41. The van der Waals surface area contributed by atoms with Gasteiger partial charge in [0.05, 0.1) is 16.8 Å². The number of aromatic carboxylic acids is 1. The van der Waals surface area contributed by atoms with E-state index in [1.165, 1.54) is 5.56 Å². The van der Waals surface area contributed by atoms with Gasteiger partial charge in [-0.3, -0.25) is 0 Å². The molecule has 0 aliphatic carbocycles. The number of nitrogens with zero attached hydrogens (tertiary/aromatic N) is 1. The van der Waals surface area contributed by atoms with Gasteiger partial charge in [0.25, 0.3) is 0 Å². The molecule has 0 atom stereocenters. The average Bonchev–Trinajstić information content (AvgIpc) is 2.59. The van der Waals surface area contributed by atoms with Crippen LogP contribution in [0.5, 0.6) is 0 Å². The van der Waals surface area contributed by atoms with Crippen LogP contribution in [0.15, 0.2) is 53.0 Å². The van der Waals surface area contributed by atoms with Gasteiger partial charge in [-0.05, 0) is 47.9 Å². The summed E-state index contributed by atoms with van der Waals surface area (Å²) >= 11 is 3.37. The third kappa shape index (κ3) is 3.54. The standard InChI is InChI=1S/C20H16BrNO2/c1-2-13-3-5-14(6-4-13)7-9-16-12-18(20(23)24)17-11-15(21)8-10-19(17)22-16/h3-12H,2H2,1H3,(H,23,24)/b9-7+. The lowest BCUT2D eigenvalue weighted by Gasteiger charge is -2.05. The molecule has 0 spiro atoms. The van der Waals surface area contributed by atoms with Crippen LogP contribution in [-0.4, -0.2) is 16.1 Å². The van der Waals surface area contributed by atoms with Gasteiger partial charge in [0.15, 0.2) is 0 Å². The third-order valence-corrected chi connectivity index (χ3v) is 4.35. The van der Waals surface area contributed by atoms with Crippen LogP contribution >= 0.6 is 15.9 Å². The molecule has 0 unspecified atom stereocenters. The Balaban J connectivity index is 2.01. The van der Waals surface area contributed by atoms with Crippen molar-refractivity contribution in [2.75, 3.05) is 0 Å². The van der Waals surface area contributed by atoms with Crippen LogP contribution in [0.3, 0.4) is 0 Å². The number of carbonyl (C=O) groups is 1. The van der Waals surface area contributed by atoms with E-state index in [0.29, 0.717) is 16.6 Å². The Labute approximate surface area is 148 Å². The number of aromatic nitrogens is 1. The van der Waals surface area contributed by atoms with Gasteiger partial charge in [0.1, 0.15) is 0 Å². The van der Waals surface area contributed by atoms with Crippen molar-refractivity contribution >= 4 is 45.0 Å². The highest BCUT2D eigenvalue weighted by Crippen LogP contribution is 2.23. The van der Waals surface area contributed by atoms with E-state index in [9.17, 15) is 9.90 Å². The van der Waals surface area contributed by atoms with Gasteiger partial charge in [0.2, 0.25) is 0 Å². The summed E-state index contributed by atoms with van der Waals surface area (Å²) < 4.78 is 0.832. The summed E-state index contributed by atoms with van der Waals surface area (Å²) in [6, 6.07) is 15.3. The zero-order valence-electron chi connectivity index (χ0n) is 13.2. The first-order valence-corrected chi connectivity index (χ1v) is 8.47. The maximum absolute atomic E-state index is 11.6. The lowest BCUT2D eigenvalue weighted by atomic mass is 10.1. The minimum absolute atomic E-state index is 0.252. The molecule has 2 aromatic carbocycles. The van der Waals surface area contributed by atoms with Crippen LogP contribution in [0.25, 0.3) is 23.1 Å². The number of pyridine rings is 1. The lowest BCUT2D eigenvalue weighted by molar-refractivity contribution is 0.0699. The van der Waals surface area contributed by atoms with Crippen molar-refractivity contribution < 1.29 is 9.90 Å². The van der Waals surface area contributed by atoms with Crippen molar-refractivity contribution in [2.45, 2.75) is 13.3 Å². The lowest BCUT2D eigenvalue weighted by Crippen LogP contribution is -2.00. The van der Waals surface area contributed by atoms with Gasteiger partial charge in [-0.15, -0.1) is 0 Å². The largest absolute Gasteiger partial charge is 0.478 e. The number of rotatable bonds is 4. The van der Waals surface area contributed by atoms with E-state index >= 15 is 0 Å². The molecule has 0 saturated heterocycles. The van der Waals surface area contributed by atoms with Gasteiger partial charge in [-0.2, -0.15) is 0 Å². The van der Waals surface area contributed by atoms with Crippen molar-refractivity contribution in [1.29, 1.82) is 0 Å². The molecular weight excluding hydrogens is 366 g/mol. The summed E-state index contributed by atoms with van der Waals surface area (Å²) in [5.74, 6) is -0.956. The van der Waals surface area contributed by atoms with Crippen LogP contribution in [0.2, 0.25) is 0 Å². The molecular formula is C20H16BrNO2. The van der Waals surface area contributed by atoms with Crippen LogP contribution in [0.1, 0.15) is 34.1 Å². The van der Waals surface area contributed by atoms with Gasteiger partial charge < -0.3 is 5.11 Å². The fourth-order valence-corrected chi connectivity index (χ4v) is 2.89. The van der Waals surface area contributed by atoms with E-state index in [4.69, 9.17) is 0 Å². The van der Waals surface area contributed by atoms with Crippen molar-refractivity contribution in [3.63, 3.8) is 0 Å². The summed E-state index contributed by atoms with van der Waals surface area (Å²) in [7, 11) is 0. The predicted molar refractivity (Wildman–Crippen MR) is 101 cm³/mol. The quantitative estimate of drug-likeness (QED) is 0.655. The molecule has 0 aliphatic rings. The number of hydrogen-bond acceptors (Lipinski definition) is 2. The van der Waals surface area contributed by atoms with Gasteiger partial charge in [-0.1, -0.05) is 53.2 Å². The Morgan fingerprint density at radius 2 is 1.88 bits per heavy atom. The molecule has 0 fully saturated rings. The monoisotopic (exact) mass is 381 g/mol. The van der Waals surface area contributed by atoms with E-state index < -0.39 is 5.97 Å². The highest BCUT2D eigenvalue weighted by molar-refractivity contribution is 9.10. The molecule has 0 radical (unpaired) electrons. The molecule has 3 nitrogen and oxygen atoms in total. The minimum Gasteiger partial charge on any atom is -0.478 e. The Kier molecular flexibility index (Phi) is 4.76. The van der Waals surface area contributed by atoms with Crippen molar-refractivity contribution in [3.8, 4) is 0 Å². The molecule has 3 rings (SSSR count).